The summed E-state index contributed by atoms with van der Waals surface area (Å²) in [4.78, 5) is 45.7. The molecule has 2 aromatic rings. The first-order chi connectivity index (χ1) is 16.9. The monoisotopic (exact) mass is 506 g/mol. The summed E-state index contributed by atoms with van der Waals surface area (Å²) in [7, 11) is 0. The maximum atomic E-state index is 15.5. The van der Waals surface area contributed by atoms with Crippen LogP contribution in [-0.2, 0) is 11.4 Å². The van der Waals surface area contributed by atoms with Crippen LogP contribution in [0.3, 0.4) is 0 Å². The van der Waals surface area contributed by atoms with Crippen molar-refractivity contribution < 1.29 is 32.0 Å². The molecule has 0 aliphatic carbocycles. The molecule has 3 atom stereocenters. The van der Waals surface area contributed by atoms with E-state index in [1.165, 1.54) is 17.7 Å². The number of carbonyl (C=O) groups is 2. The SMILES string of the molecule is CC1=NOC2(CCC(C)(F)N3CC2n2cc(C(=O)NCc4c(F)cc(F)cc4F)c(=O)cc2C3=O)C1. The van der Waals surface area contributed by atoms with Gasteiger partial charge in [-0.3, -0.25) is 14.4 Å². The zero-order valence-electron chi connectivity index (χ0n) is 19.4. The maximum absolute atomic E-state index is 15.5. The fourth-order valence-corrected chi connectivity index (χ4v) is 5.18. The van der Waals surface area contributed by atoms with Gasteiger partial charge in [0.25, 0.3) is 11.8 Å². The zero-order valence-corrected chi connectivity index (χ0v) is 19.4. The van der Waals surface area contributed by atoms with Gasteiger partial charge >= 0.3 is 0 Å². The van der Waals surface area contributed by atoms with E-state index in [1.54, 1.807) is 6.92 Å². The summed E-state index contributed by atoms with van der Waals surface area (Å²) >= 11 is 0. The summed E-state index contributed by atoms with van der Waals surface area (Å²) < 4.78 is 58.0. The zero-order chi connectivity index (χ0) is 26.0. The highest BCUT2D eigenvalue weighted by atomic mass is 19.2. The number of rotatable bonds is 3. The van der Waals surface area contributed by atoms with Crippen molar-refractivity contribution in [1.29, 1.82) is 0 Å². The summed E-state index contributed by atoms with van der Waals surface area (Å²) in [6, 6.07) is 1.24. The van der Waals surface area contributed by atoms with E-state index in [0.717, 1.165) is 11.0 Å². The van der Waals surface area contributed by atoms with E-state index in [4.69, 9.17) is 4.84 Å². The molecule has 1 saturated heterocycles. The first kappa shape index (κ1) is 24.0. The van der Waals surface area contributed by atoms with Gasteiger partial charge < -0.3 is 19.6 Å². The molecular weight excluding hydrogens is 484 g/mol. The van der Waals surface area contributed by atoms with Crippen LogP contribution in [0.2, 0.25) is 0 Å². The van der Waals surface area contributed by atoms with Gasteiger partial charge in [-0.25, -0.2) is 17.6 Å². The number of pyridine rings is 1. The van der Waals surface area contributed by atoms with Crippen molar-refractivity contribution in [2.24, 2.45) is 5.16 Å². The van der Waals surface area contributed by atoms with E-state index < -0.39 is 64.2 Å². The van der Waals surface area contributed by atoms with Crippen LogP contribution < -0.4 is 10.7 Å². The van der Waals surface area contributed by atoms with Crippen LogP contribution in [0.5, 0.6) is 0 Å². The van der Waals surface area contributed by atoms with Gasteiger partial charge in [-0.2, -0.15) is 0 Å². The Hall–Kier alpha value is -3.70. The fraction of sp³-hybridized carbons (Fsp3) is 0.417. The number of alkyl halides is 1. The van der Waals surface area contributed by atoms with Crippen LogP contribution in [0, 0.1) is 17.5 Å². The molecule has 0 saturated carbocycles. The topological polar surface area (TPSA) is 93.0 Å². The molecule has 2 amide bonds. The summed E-state index contributed by atoms with van der Waals surface area (Å²) in [5, 5.41) is 6.30. The number of halogens is 4. The Morgan fingerprint density at radius 2 is 1.89 bits per heavy atom. The molecule has 3 aliphatic rings. The Labute approximate surface area is 202 Å². The number of oxime groups is 1. The second-order valence-corrected chi connectivity index (χ2v) is 9.61. The molecule has 1 spiro atoms. The smallest absolute Gasteiger partial charge is 0.273 e. The molecule has 1 fully saturated rings. The highest BCUT2D eigenvalue weighted by molar-refractivity contribution is 5.97. The Kier molecular flexibility index (Phi) is 5.45. The quantitative estimate of drug-likeness (QED) is 0.511. The van der Waals surface area contributed by atoms with Crippen LogP contribution in [0.4, 0.5) is 17.6 Å². The molecular formula is C24H22F4N4O4. The largest absolute Gasteiger partial charge is 0.387 e. The summed E-state index contributed by atoms with van der Waals surface area (Å²) in [6.07, 6.45) is 1.76. The van der Waals surface area contributed by atoms with E-state index in [-0.39, 0.29) is 30.6 Å². The third-order valence-corrected chi connectivity index (χ3v) is 7.12. The third kappa shape index (κ3) is 3.75. The van der Waals surface area contributed by atoms with Gasteiger partial charge in [-0.15, -0.1) is 0 Å². The Morgan fingerprint density at radius 1 is 1.19 bits per heavy atom. The lowest BCUT2D eigenvalue weighted by Crippen LogP contribution is -2.55. The first-order valence-corrected chi connectivity index (χ1v) is 11.3. The number of hydrogen-bond donors (Lipinski definition) is 1. The van der Waals surface area contributed by atoms with E-state index in [9.17, 15) is 27.6 Å². The number of nitrogens with one attached hydrogen (secondary N) is 1. The molecule has 12 heteroatoms. The lowest BCUT2D eigenvalue weighted by molar-refractivity contribution is -0.0658. The minimum Gasteiger partial charge on any atom is -0.387 e. The maximum Gasteiger partial charge on any atom is 0.273 e. The number of aromatic nitrogens is 1. The van der Waals surface area contributed by atoms with Gasteiger partial charge in [0.1, 0.15) is 28.7 Å². The molecule has 1 aromatic heterocycles. The summed E-state index contributed by atoms with van der Waals surface area (Å²) in [6.45, 7) is 2.35. The molecule has 4 heterocycles. The van der Waals surface area contributed by atoms with Crippen LogP contribution >= 0.6 is 0 Å². The Morgan fingerprint density at radius 3 is 2.53 bits per heavy atom. The predicted octanol–water partition coefficient (Wildman–Crippen LogP) is 3.21. The minimum absolute atomic E-state index is 0.0149. The second kappa shape index (κ2) is 8.17. The van der Waals surface area contributed by atoms with E-state index in [0.29, 0.717) is 24.3 Å². The number of carbonyl (C=O) groups excluding carboxylic acids is 2. The Balaban J connectivity index is 1.52. The Bertz CT molecular complexity index is 1370. The highest BCUT2D eigenvalue weighted by Gasteiger charge is 2.56. The summed E-state index contributed by atoms with van der Waals surface area (Å²) in [5.41, 5.74) is -2.22. The normalized spacial score (nSPS) is 26.8. The van der Waals surface area contributed by atoms with Crippen molar-refractivity contribution in [3.63, 3.8) is 0 Å². The molecule has 3 aliphatic heterocycles. The van der Waals surface area contributed by atoms with Crippen molar-refractivity contribution in [3.8, 4) is 0 Å². The molecule has 1 aromatic carbocycles. The average molecular weight is 506 g/mol. The third-order valence-electron chi connectivity index (χ3n) is 7.12. The molecule has 190 valence electrons. The molecule has 2 bridgehead atoms. The first-order valence-electron chi connectivity index (χ1n) is 11.3. The van der Waals surface area contributed by atoms with Gasteiger partial charge in [0.15, 0.2) is 16.8 Å². The number of hydrogen-bond acceptors (Lipinski definition) is 5. The summed E-state index contributed by atoms with van der Waals surface area (Å²) in [5.74, 6) is -7.14. The van der Waals surface area contributed by atoms with Crippen molar-refractivity contribution in [2.45, 2.75) is 57.1 Å². The van der Waals surface area contributed by atoms with Crippen LogP contribution in [0.1, 0.15) is 65.6 Å². The molecule has 3 unspecified atom stereocenters. The minimum atomic E-state index is -1.99. The van der Waals surface area contributed by atoms with Crippen molar-refractivity contribution in [3.05, 3.63) is 68.9 Å². The van der Waals surface area contributed by atoms with Gasteiger partial charge in [-0.05, 0) is 20.3 Å². The van der Waals surface area contributed by atoms with Crippen molar-refractivity contribution in [1.82, 2.24) is 14.8 Å². The molecule has 8 nitrogen and oxygen atoms in total. The van der Waals surface area contributed by atoms with Crippen molar-refractivity contribution in [2.75, 3.05) is 6.54 Å². The van der Waals surface area contributed by atoms with Crippen LogP contribution in [-0.4, -0.2) is 44.9 Å². The number of benzene rings is 1. The average Bonchev–Trinajstić information content (AvgIpc) is 3.14. The predicted molar refractivity (Wildman–Crippen MR) is 119 cm³/mol. The lowest BCUT2D eigenvalue weighted by atomic mass is 9.84. The standard InChI is InChI=1S/C24H22F4N4O4/c1-12-8-24(36-30-12)4-3-23(2,28)32-11-20(24)31-10-15(19(33)7-18(31)22(32)35)21(34)29-9-14-16(26)5-13(25)6-17(14)27/h5-7,10,20H,3-4,8-9,11H2,1-2H3,(H,29,34). The second-order valence-electron chi connectivity index (χ2n) is 9.61. The van der Waals surface area contributed by atoms with Gasteiger partial charge in [0.2, 0.25) is 0 Å². The van der Waals surface area contributed by atoms with E-state index >= 15 is 4.39 Å². The van der Waals surface area contributed by atoms with Gasteiger partial charge in [0, 0.05) is 55.9 Å². The van der Waals surface area contributed by atoms with E-state index in [1.807, 2.05) is 0 Å². The van der Waals surface area contributed by atoms with Gasteiger partial charge in [-0.1, -0.05) is 5.16 Å². The molecule has 1 N–H and O–H groups in total. The molecule has 5 rings (SSSR count). The highest BCUT2D eigenvalue weighted by Crippen LogP contribution is 2.48. The number of amides is 2. The van der Waals surface area contributed by atoms with Gasteiger partial charge in [0.05, 0.1) is 11.8 Å². The van der Waals surface area contributed by atoms with Crippen molar-refractivity contribution >= 4 is 17.5 Å². The lowest BCUT2D eigenvalue weighted by Gasteiger charge is -2.42. The van der Waals surface area contributed by atoms with E-state index in [2.05, 4.69) is 10.5 Å². The number of nitrogens with zero attached hydrogens (tertiary/aromatic N) is 3. The molecule has 0 radical (unpaired) electrons. The van der Waals surface area contributed by atoms with Crippen LogP contribution in [0.25, 0.3) is 0 Å². The van der Waals surface area contributed by atoms with Crippen LogP contribution in [0.15, 0.2) is 34.3 Å². The molecule has 36 heavy (non-hydrogen) atoms. The number of fused-ring (bicyclic) bond motifs is 5. The fourth-order valence-electron chi connectivity index (χ4n) is 5.18.